The lowest BCUT2D eigenvalue weighted by Gasteiger charge is -2.17. The predicted octanol–water partition coefficient (Wildman–Crippen LogP) is 2.78. The fraction of sp³-hybridized carbons (Fsp3) is 0.235. The molecule has 0 aliphatic heterocycles. The lowest BCUT2D eigenvalue weighted by Crippen LogP contribution is -2.17. The molecule has 0 saturated carbocycles. The highest BCUT2D eigenvalue weighted by molar-refractivity contribution is 5.47. The Labute approximate surface area is 125 Å². The third kappa shape index (κ3) is 4.23. The van der Waals surface area contributed by atoms with E-state index in [-0.39, 0.29) is 0 Å². The van der Waals surface area contributed by atoms with Gasteiger partial charge in [-0.15, -0.1) is 0 Å². The van der Waals surface area contributed by atoms with Crippen LogP contribution >= 0.6 is 0 Å². The zero-order valence-electron chi connectivity index (χ0n) is 12.3. The molecule has 0 unspecified atom stereocenters. The highest BCUT2D eigenvalue weighted by Crippen LogP contribution is 2.20. The fourth-order valence-electron chi connectivity index (χ4n) is 2.31. The van der Waals surface area contributed by atoms with Gasteiger partial charge in [-0.2, -0.15) is 5.26 Å². The predicted molar refractivity (Wildman–Crippen MR) is 83.7 cm³/mol. The number of nitrogens with zero attached hydrogens (tertiary/aromatic N) is 2. The molecule has 4 nitrogen and oxygen atoms in total. The van der Waals surface area contributed by atoms with E-state index in [1.54, 1.807) is 13.2 Å². The van der Waals surface area contributed by atoms with Crippen LogP contribution in [0, 0.1) is 11.3 Å². The molecule has 2 N–H and O–H groups in total. The molecule has 21 heavy (non-hydrogen) atoms. The Morgan fingerprint density at radius 2 is 1.90 bits per heavy atom. The molecule has 108 valence electrons. The second kappa shape index (κ2) is 6.78. The summed E-state index contributed by atoms with van der Waals surface area (Å²) in [4.78, 5) is 2.17. The Morgan fingerprint density at radius 3 is 2.62 bits per heavy atom. The first-order valence-corrected chi connectivity index (χ1v) is 6.71. The third-order valence-corrected chi connectivity index (χ3v) is 3.19. The minimum Gasteiger partial charge on any atom is -0.497 e. The van der Waals surface area contributed by atoms with E-state index in [2.05, 4.69) is 11.0 Å². The molecule has 2 aromatic carbocycles. The summed E-state index contributed by atoms with van der Waals surface area (Å²) in [5, 5.41) is 8.93. The molecule has 0 bridgehead atoms. The van der Waals surface area contributed by atoms with Gasteiger partial charge in [0.25, 0.3) is 0 Å². The second-order valence-corrected chi connectivity index (χ2v) is 5.10. The molecule has 0 atom stereocenters. The largest absolute Gasteiger partial charge is 0.497 e. The molecule has 0 heterocycles. The number of hydrogen-bond donors (Lipinski definition) is 1. The van der Waals surface area contributed by atoms with E-state index >= 15 is 0 Å². The van der Waals surface area contributed by atoms with Gasteiger partial charge < -0.3 is 10.5 Å². The molecule has 0 amide bonds. The van der Waals surface area contributed by atoms with Gasteiger partial charge in [0.05, 0.1) is 18.7 Å². The monoisotopic (exact) mass is 281 g/mol. The van der Waals surface area contributed by atoms with Crippen molar-refractivity contribution in [3.05, 3.63) is 59.2 Å². The van der Waals surface area contributed by atoms with Crippen LogP contribution in [0.1, 0.15) is 16.7 Å². The molecule has 0 fully saturated rings. The van der Waals surface area contributed by atoms with E-state index in [1.807, 2.05) is 43.4 Å². The quantitative estimate of drug-likeness (QED) is 0.856. The molecule has 0 spiro atoms. The van der Waals surface area contributed by atoms with Gasteiger partial charge >= 0.3 is 0 Å². The highest BCUT2D eigenvalue weighted by atomic mass is 16.5. The molecule has 4 heteroatoms. The number of nitrogen functional groups attached to an aromatic ring is 1. The van der Waals surface area contributed by atoms with Crippen molar-refractivity contribution in [1.82, 2.24) is 4.90 Å². The molecule has 0 aliphatic carbocycles. The van der Waals surface area contributed by atoms with E-state index in [9.17, 15) is 0 Å². The standard InChI is InChI=1S/C17H19N3O/c1-20(11-14-5-3-4-13(6-14)10-18)12-15-7-16(19)9-17(8-15)21-2/h3-9H,11-12,19H2,1-2H3. The zero-order valence-corrected chi connectivity index (χ0v) is 12.3. The lowest BCUT2D eigenvalue weighted by molar-refractivity contribution is 0.318. The minimum atomic E-state index is 0.687. The summed E-state index contributed by atoms with van der Waals surface area (Å²) in [5.74, 6) is 0.768. The molecule has 0 saturated heterocycles. The summed E-state index contributed by atoms with van der Waals surface area (Å²) >= 11 is 0. The number of ether oxygens (including phenoxy) is 1. The van der Waals surface area contributed by atoms with Gasteiger partial charge in [0.1, 0.15) is 5.75 Å². The maximum atomic E-state index is 8.93. The number of anilines is 1. The molecule has 0 radical (unpaired) electrons. The molecule has 0 aromatic heterocycles. The normalized spacial score (nSPS) is 10.4. The average molecular weight is 281 g/mol. The van der Waals surface area contributed by atoms with Crippen molar-refractivity contribution >= 4 is 5.69 Å². The number of hydrogen-bond acceptors (Lipinski definition) is 4. The van der Waals surface area contributed by atoms with E-state index in [0.29, 0.717) is 11.3 Å². The second-order valence-electron chi connectivity index (χ2n) is 5.10. The lowest BCUT2D eigenvalue weighted by atomic mass is 10.1. The third-order valence-electron chi connectivity index (χ3n) is 3.19. The summed E-state index contributed by atoms with van der Waals surface area (Å²) < 4.78 is 5.23. The highest BCUT2D eigenvalue weighted by Gasteiger charge is 2.05. The summed E-state index contributed by atoms with van der Waals surface area (Å²) in [6.45, 7) is 1.53. The van der Waals surface area contributed by atoms with E-state index in [4.69, 9.17) is 15.7 Å². The molecular formula is C17H19N3O. The maximum Gasteiger partial charge on any atom is 0.121 e. The van der Waals surface area contributed by atoms with E-state index in [1.165, 1.54) is 0 Å². The summed E-state index contributed by atoms with van der Waals surface area (Å²) in [5.41, 5.74) is 9.47. The Kier molecular flexibility index (Phi) is 4.81. The van der Waals surface area contributed by atoms with Crippen LogP contribution in [0.2, 0.25) is 0 Å². The molecule has 2 aromatic rings. The van der Waals surface area contributed by atoms with Crippen molar-refractivity contribution in [2.45, 2.75) is 13.1 Å². The Morgan fingerprint density at radius 1 is 1.14 bits per heavy atom. The van der Waals surface area contributed by atoms with Crippen LogP contribution in [0.25, 0.3) is 0 Å². The van der Waals surface area contributed by atoms with Crippen LogP contribution in [0.15, 0.2) is 42.5 Å². The van der Waals surface area contributed by atoms with Crippen LogP contribution in [0.5, 0.6) is 5.75 Å². The van der Waals surface area contributed by atoms with Crippen molar-refractivity contribution in [2.75, 3.05) is 19.9 Å². The molecule has 2 rings (SSSR count). The van der Waals surface area contributed by atoms with Crippen molar-refractivity contribution < 1.29 is 4.74 Å². The Balaban J connectivity index is 2.06. The smallest absolute Gasteiger partial charge is 0.121 e. The van der Waals surface area contributed by atoms with Crippen LogP contribution in [-0.2, 0) is 13.1 Å². The van der Waals surface area contributed by atoms with E-state index in [0.717, 1.165) is 30.0 Å². The minimum absolute atomic E-state index is 0.687. The Hall–Kier alpha value is -2.51. The van der Waals surface area contributed by atoms with Gasteiger partial charge in [-0.25, -0.2) is 0 Å². The van der Waals surface area contributed by atoms with Crippen molar-refractivity contribution in [2.24, 2.45) is 0 Å². The van der Waals surface area contributed by atoms with Crippen LogP contribution in [-0.4, -0.2) is 19.1 Å². The average Bonchev–Trinajstić information content (AvgIpc) is 2.46. The van der Waals surface area contributed by atoms with Gasteiger partial charge in [-0.3, -0.25) is 4.90 Å². The van der Waals surface area contributed by atoms with Gasteiger partial charge in [-0.05, 0) is 42.4 Å². The zero-order chi connectivity index (χ0) is 15.2. The summed E-state index contributed by atoms with van der Waals surface area (Å²) in [6.07, 6.45) is 0. The first-order valence-electron chi connectivity index (χ1n) is 6.71. The first kappa shape index (κ1) is 14.9. The number of methoxy groups -OCH3 is 1. The topological polar surface area (TPSA) is 62.3 Å². The molecule has 0 aliphatic rings. The van der Waals surface area contributed by atoms with Crippen molar-refractivity contribution in [1.29, 1.82) is 5.26 Å². The van der Waals surface area contributed by atoms with Gasteiger partial charge in [0.15, 0.2) is 0 Å². The van der Waals surface area contributed by atoms with Crippen LogP contribution in [0.4, 0.5) is 5.69 Å². The fourth-order valence-corrected chi connectivity index (χ4v) is 2.31. The molecular weight excluding hydrogens is 262 g/mol. The van der Waals surface area contributed by atoms with E-state index < -0.39 is 0 Å². The summed E-state index contributed by atoms with van der Waals surface area (Å²) in [6, 6.07) is 15.6. The maximum absolute atomic E-state index is 8.93. The van der Waals surface area contributed by atoms with Gasteiger partial charge in [0, 0.05) is 24.8 Å². The SMILES string of the molecule is COc1cc(N)cc(CN(C)Cc2cccc(C#N)c2)c1. The Bertz CT molecular complexity index is 661. The van der Waals surface area contributed by atoms with Crippen molar-refractivity contribution in [3.63, 3.8) is 0 Å². The van der Waals surface area contributed by atoms with Gasteiger partial charge in [-0.1, -0.05) is 12.1 Å². The number of nitrogens with two attached hydrogens (primary N) is 1. The van der Waals surface area contributed by atoms with Crippen LogP contribution < -0.4 is 10.5 Å². The van der Waals surface area contributed by atoms with Gasteiger partial charge in [0.2, 0.25) is 0 Å². The van der Waals surface area contributed by atoms with Crippen molar-refractivity contribution in [3.8, 4) is 11.8 Å². The summed E-state index contributed by atoms with van der Waals surface area (Å²) in [7, 11) is 3.67. The van der Waals surface area contributed by atoms with Crippen LogP contribution in [0.3, 0.4) is 0 Å². The number of nitriles is 1. The number of rotatable bonds is 5. The first-order chi connectivity index (χ1) is 10.1. The number of benzene rings is 2.